The molecule has 1 aromatic carbocycles. The van der Waals surface area contributed by atoms with E-state index in [-0.39, 0.29) is 18.1 Å². The largest absolute Gasteiger partial charge is 0.453 e. The van der Waals surface area contributed by atoms with Crippen molar-refractivity contribution in [2.24, 2.45) is 0 Å². The number of methoxy groups -OCH3 is 1. The number of hydrogen-bond acceptors (Lipinski definition) is 9. The van der Waals surface area contributed by atoms with E-state index in [4.69, 9.17) is 14.5 Å². The predicted octanol–water partition coefficient (Wildman–Crippen LogP) is 2.65. The fourth-order valence-corrected chi connectivity index (χ4v) is 4.55. The highest BCUT2D eigenvalue weighted by Crippen LogP contribution is 2.29. The van der Waals surface area contributed by atoms with Crippen molar-refractivity contribution in [1.29, 1.82) is 0 Å². The molecule has 2 aromatic heterocycles. The van der Waals surface area contributed by atoms with Crippen molar-refractivity contribution in [2.75, 3.05) is 56.2 Å². The van der Waals surface area contributed by atoms with Crippen LogP contribution in [0, 0.1) is 0 Å². The van der Waals surface area contributed by atoms with E-state index in [1.165, 1.54) is 11.7 Å². The molecule has 5 rings (SSSR count). The maximum absolute atomic E-state index is 14.1. The number of piperazine rings is 1. The molecule has 1 amide bonds. The predicted molar refractivity (Wildman–Crippen MR) is 128 cm³/mol. The molecule has 2 saturated heterocycles. The number of ether oxygens (including phenoxy) is 2. The molecule has 11 nitrogen and oxygen atoms in total. The standard InChI is InChI=1S/C23H28F2N8O3/c1-14-15(2)36-13-12-32(14)21-27-20(30-8-10-31(11-9-30)23(34)35-3)28-22(29-21)33-17-7-5-4-6-16(17)26-19(33)18(24)25/h4-7,14-15,18H,8-13H2,1-3H3/t14-,15-/m1/s1. The zero-order valence-corrected chi connectivity index (χ0v) is 20.3. The molecule has 0 radical (unpaired) electrons. The zero-order chi connectivity index (χ0) is 25.4. The lowest BCUT2D eigenvalue weighted by Crippen LogP contribution is -2.50. The molecule has 4 heterocycles. The molecule has 0 unspecified atom stereocenters. The molecule has 192 valence electrons. The van der Waals surface area contributed by atoms with Gasteiger partial charge in [-0.1, -0.05) is 12.1 Å². The Morgan fingerprint density at radius 1 is 1.00 bits per heavy atom. The normalized spacial score (nSPS) is 20.9. The van der Waals surface area contributed by atoms with Crippen LogP contribution >= 0.6 is 0 Å². The van der Waals surface area contributed by atoms with Crippen molar-refractivity contribution in [3.63, 3.8) is 0 Å². The van der Waals surface area contributed by atoms with Crippen LogP contribution < -0.4 is 9.80 Å². The van der Waals surface area contributed by atoms with Gasteiger partial charge in [0.15, 0.2) is 5.82 Å². The number of hydrogen-bond donors (Lipinski definition) is 0. The minimum Gasteiger partial charge on any atom is -0.453 e. The topological polar surface area (TPSA) is 102 Å². The summed E-state index contributed by atoms with van der Waals surface area (Å²) >= 11 is 0. The van der Waals surface area contributed by atoms with E-state index in [2.05, 4.69) is 15.0 Å². The van der Waals surface area contributed by atoms with Crippen LogP contribution in [0.5, 0.6) is 0 Å². The summed E-state index contributed by atoms with van der Waals surface area (Å²) in [5.74, 6) is 0.369. The summed E-state index contributed by atoms with van der Waals surface area (Å²) < 4.78 is 40.1. The summed E-state index contributed by atoms with van der Waals surface area (Å²) in [4.78, 5) is 35.6. The van der Waals surface area contributed by atoms with Gasteiger partial charge in [0, 0.05) is 32.7 Å². The van der Waals surface area contributed by atoms with Crippen molar-refractivity contribution in [3.8, 4) is 5.95 Å². The molecule has 36 heavy (non-hydrogen) atoms. The Morgan fingerprint density at radius 3 is 2.42 bits per heavy atom. The van der Waals surface area contributed by atoms with E-state index in [0.717, 1.165) is 0 Å². The summed E-state index contributed by atoms with van der Waals surface area (Å²) in [7, 11) is 1.35. The quantitative estimate of drug-likeness (QED) is 0.533. The van der Waals surface area contributed by atoms with Gasteiger partial charge in [-0.05, 0) is 26.0 Å². The van der Waals surface area contributed by atoms with Gasteiger partial charge in [0.05, 0.1) is 36.9 Å². The first-order chi connectivity index (χ1) is 17.4. The van der Waals surface area contributed by atoms with Gasteiger partial charge in [0.25, 0.3) is 6.43 Å². The third-order valence-corrected chi connectivity index (χ3v) is 6.72. The number of imidazole rings is 1. The van der Waals surface area contributed by atoms with Crippen molar-refractivity contribution >= 4 is 29.0 Å². The van der Waals surface area contributed by atoms with Crippen LogP contribution in [-0.2, 0) is 9.47 Å². The Kier molecular flexibility index (Phi) is 6.56. The fraction of sp³-hybridized carbons (Fsp3) is 0.522. The number of carbonyl (C=O) groups is 1. The van der Waals surface area contributed by atoms with Gasteiger partial charge in [-0.25, -0.2) is 18.6 Å². The summed E-state index contributed by atoms with van der Waals surface area (Å²) in [6.45, 7) is 6.80. The average Bonchev–Trinajstić information content (AvgIpc) is 3.30. The van der Waals surface area contributed by atoms with Crippen LogP contribution in [0.4, 0.5) is 25.5 Å². The maximum atomic E-state index is 14.1. The number of halogens is 2. The van der Waals surface area contributed by atoms with Gasteiger partial charge >= 0.3 is 6.09 Å². The Balaban J connectivity index is 1.60. The minimum atomic E-state index is -2.83. The van der Waals surface area contributed by atoms with Crippen LogP contribution in [0.25, 0.3) is 17.0 Å². The Labute approximate surface area is 206 Å². The first-order valence-electron chi connectivity index (χ1n) is 11.9. The molecule has 13 heteroatoms. The molecule has 0 spiro atoms. The Hall–Kier alpha value is -3.61. The Bertz CT molecular complexity index is 1250. The van der Waals surface area contributed by atoms with E-state index in [0.29, 0.717) is 62.3 Å². The number of para-hydroxylation sites is 2. The van der Waals surface area contributed by atoms with Gasteiger partial charge in [0.2, 0.25) is 17.8 Å². The van der Waals surface area contributed by atoms with Gasteiger partial charge in [-0.3, -0.25) is 4.57 Å². The highest BCUT2D eigenvalue weighted by atomic mass is 19.3. The molecular formula is C23H28F2N8O3. The number of anilines is 2. The lowest BCUT2D eigenvalue weighted by Gasteiger charge is -2.38. The summed E-state index contributed by atoms with van der Waals surface area (Å²) in [6.07, 6.45) is -3.28. The number of morpholine rings is 1. The second-order valence-corrected chi connectivity index (χ2v) is 8.78. The number of benzene rings is 1. The van der Waals surface area contributed by atoms with Crippen LogP contribution in [0.1, 0.15) is 26.1 Å². The molecule has 2 atom stereocenters. The molecule has 2 aliphatic rings. The van der Waals surface area contributed by atoms with Crippen molar-refractivity contribution in [2.45, 2.75) is 32.4 Å². The maximum Gasteiger partial charge on any atom is 0.409 e. The van der Waals surface area contributed by atoms with E-state index < -0.39 is 18.3 Å². The molecule has 2 aliphatic heterocycles. The molecular weight excluding hydrogens is 474 g/mol. The average molecular weight is 503 g/mol. The number of aromatic nitrogens is 5. The molecule has 0 saturated carbocycles. The summed E-state index contributed by atoms with van der Waals surface area (Å²) in [5.41, 5.74) is 0.908. The van der Waals surface area contributed by atoms with Gasteiger partial charge < -0.3 is 24.2 Å². The third kappa shape index (κ3) is 4.38. The van der Waals surface area contributed by atoms with E-state index in [1.54, 1.807) is 29.2 Å². The van der Waals surface area contributed by atoms with Crippen LogP contribution in [0.2, 0.25) is 0 Å². The Morgan fingerprint density at radius 2 is 1.69 bits per heavy atom. The molecule has 3 aromatic rings. The number of nitrogens with zero attached hydrogens (tertiary/aromatic N) is 8. The second kappa shape index (κ2) is 9.80. The van der Waals surface area contributed by atoms with Crippen LogP contribution in [0.3, 0.4) is 0 Å². The number of fused-ring (bicyclic) bond motifs is 1. The SMILES string of the molecule is COC(=O)N1CCN(c2nc(N3CCO[C@H](C)[C@H]3C)nc(-n3c(C(F)F)nc4ccccc43)n2)CC1. The number of amides is 1. The highest BCUT2D eigenvalue weighted by molar-refractivity contribution is 5.77. The first-order valence-corrected chi connectivity index (χ1v) is 11.9. The van der Waals surface area contributed by atoms with Gasteiger partial charge in [-0.2, -0.15) is 15.0 Å². The lowest BCUT2D eigenvalue weighted by atomic mass is 10.1. The van der Waals surface area contributed by atoms with Gasteiger partial charge in [-0.15, -0.1) is 0 Å². The van der Waals surface area contributed by atoms with Crippen molar-refractivity contribution in [3.05, 3.63) is 30.1 Å². The number of alkyl halides is 2. The van der Waals surface area contributed by atoms with Crippen LogP contribution in [-0.4, -0.2) is 94.1 Å². The second-order valence-electron chi connectivity index (χ2n) is 8.78. The minimum absolute atomic E-state index is 0.0351. The zero-order valence-electron chi connectivity index (χ0n) is 20.3. The first kappa shape index (κ1) is 24.1. The van der Waals surface area contributed by atoms with E-state index in [1.807, 2.05) is 23.6 Å². The third-order valence-electron chi connectivity index (χ3n) is 6.72. The lowest BCUT2D eigenvalue weighted by molar-refractivity contribution is 0.0277. The molecule has 0 aliphatic carbocycles. The van der Waals surface area contributed by atoms with E-state index in [9.17, 15) is 13.6 Å². The highest BCUT2D eigenvalue weighted by Gasteiger charge is 2.31. The molecule has 0 bridgehead atoms. The van der Waals surface area contributed by atoms with Crippen molar-refractivity contribution < 1.29 is 23.0 Å². The van der Waals surface area contributed by atoms with Gasteiger partial charge in [0.1, 0.15) is 0 Å². The summed E-state index contributed by atoms with van der Waals surface area (Å²) in [5, 5.41) is 0. The number of carbonyl (C=O) groups excluding carboxylic acids is 1. The smallest absolute Gasteiger partial charge is 0.409 e. The van der Waals surface area contributed by atoms with Crippen LogP contribution in [0.15, 0.2) is 24.3 Å². The summed E-state index contributed by atoms with van der Waals surface area (Å²) in [6, 6.07) is 6.87. The van der Waals surface area contributed by atoms with E-state index >= 15 is 0 Å². The molecule has 0 N–H and O–H groups in total. The monoisotopic (exact) mass is 502 g/mol. The van der Waals surface area contributed by atoms with Crippen molar-refractivity contribution in [1.82, 2.24) is 29.4 Å². The fourth-order valence-electron chi connectivity index (χ4n) is 4.55. The number of rotatable bonds is 4. The molecule has 2 fully saturated rings.